The summed E-state index contributed by atoms with van der Waals surface area (Å²) in [6, 6.07) is 21.7. The third-order valence-corrected chi connectivity index (χ3v) is 7.02. The molecule has 0 unspecified atom stereocenters. The first-order chi connectivity index (χ1) is 17.1. The van der Waals surface area contributed by atoms with Gasteiger partial charge in [-0.2, -0.15) is 5.10 Å². The molecule has 1 aliphatic rings. The lowest BCUT2D eigenvalue weighted by molar-refractivity contribution is 0.0509. The maximum Gasteiger partial charge on any atom is 0.264 e. The predicted molar refractivity (Wildman–Crippen MR) is 138 cm³/mol. The molecule has 1 atom stereocenters. The van der Waals surface area contributed by atoms with Crippen LogP contribution in [0.5, 0.6) is 11.6 Å². The Bertz CT molecular complexity index is 1280. The van der Waals surface area contributed by atoms with Crippen molar-refractivity contribution in [2.24, 2.45) is 0 Å². The van der Waals surface area contributed by atoms with Gasteiger partial charge in [0.1, 0.15) is 5.75 Å². The molecular weight excluding hydrogens is 458 g/mol. The van der Waals surface area contributed by atoms with Crippen molar-refractivity contribution in [1.82, 2.24) is 14.7 Å². The molecule has 0 bridgehead atoms. The summed E-state index contributed by atoms with van der Waals surface area (Å²) in [6.07, 6.45) is 2.03. The fourth-order valence-corrected chi connectivity index (χ4v) is 5.05. The van der Waals surface area contributed by atoms with Crippen LogP contribution in [0, 0.1) is 13.8 Å². The van der Waals surface area contributed by atoms with Gasteiger partial charge in [-0.3, -0.25) is 4.79 Å². The van der Waals surface area contributed by atoms with E-state index in [9.17, 15) is 4.79 Å². The molecule has 0 aliphatic carbocycles. The molecule has 35 heavy (non-hydrogen) atoms. The summed E-state index contributed by atoms with van der Waals surface area (Å²) in [7, 11) is 0. The number of thiophene rings is 1. The molecule has 2 aromatic heterocycles. The van der Waals surface area contributed by atoms with Gasteiger partial charge >= 0.3 is 0 Å². The minimum absolute atomic E-state index is 0.00358. The normalized spacial score (nSPS) is 15.3. The number of hydrogen-bond donors (Lipinski definition) is 0. The number of aryl methyl sites for hydroxylation is 2. The van der Waals surface area contributed by atoms with Crippen LogP contribution in [-0.2, 0) is 11.3 Å². The second-order valence-electron chi connectivity index (χ2n) is 8.83. The Labute approximate surface area is 209 Å². The van der Waals surface area contributed by atoms with Crippen molar-refractivity contribution in [3.63, 3.8) is 0 Å². The molecule has 7 heteroatoms. The highest BCUT2D eigenvalue weighted by Crippen LogP contribution is 2.33. The minimum atomic E-state index is 0.00358. The quantitative estimate of drug-likeness (QED) is 0.298. The molecule has 0 N–H and O–H groups in total. The molecule has 4 aromatic rings. The summed E-state index contributed by atoms with van der Waals surface area (Å²) < 4.78 is 14.2. The van der Waals surface area contributed by atoms with Crippen molar-refractivity contribution in [2.75, 3.05) is 13.2 Å². The molecule has 1 aliphatic heterocycles. The van der Waals surface area contributed by atoms with Gasteiger partial charge < -0.3 is 14.4 Å². The molecule has 0 radical (unpaired) electrons. The van der Waals surface area contributed by atoms with Crippen LogP contribution < -0.4 is 4.74 Å². The standard InChI is InChI=1S/C28H29N3O3S/c1-20-9-6-12-23(17-20)34-28-25(21(2)29-31(28)22-10-4-3-5-11-22)19-30(18-24-13-7-15-33-24)27(32)26-14-8-16-35-26/h3-6,8-12,14,16-17,24H,7,13,15,18-19H2,1-2H3/t24-/m0/s1. The van der Waals surface area contributed by atoms with E-state index in [1.807, 2.05) is 95.5 Å². The number of hydrogen-bond acceptors (Lipinski definition) is 5. The molecule has 1 saturated heterocycles. The van der Waals surface area contributed by atoms with E-state index in [-0.39, 0.29) is 12.0 Å². The van der Waals surface area contributed by atoms with Crippen molar-refractivity contribution in [3.05, 3.63) is 93.8 Å². The van der Waals surface area contributed by atoms with Gasteiger partial charge in [0.25, 0.3) is 5.91 Å². The van der Waals surface area contributed by atoms with E-state index in [0.717, 1.165) is 52.6 Å². The van der Waals surface area contributed by atoms with E-state index < -0.39 is 0 Å². The van der Waals surface area contributed by atoms with E-state index >= 15 is 0 Å². The van der Waals surface area contributed by atoms with Crippen LogP contribution in [0.4, 0.5) is 0 Å². The van der Waals surface area contributed by atoms with Crippen LogP contribution in [0.15, 0.2) is 72.1 Å². The van der Waals surface area contributed by atoms with E-state index in [4.69, 9.17) is 14.6 Å². The highest BCUT2D eigenvalue weighted by atomic mass is 32.1. The third kappa shape index (κ3) is 5.31. The number of carbonyl (C=O) groups excluding carboxylic acids is 1. The summed E-state index contributed by atoms with van der Waals surface area (Å²) in [5.74, 6) is 1.36. The smallest absolute Gasteiger partial charge is 0.264 e. The lowest BCUT2D eigenvalue weighted by Gasteiger charge is -2.25. The zero-order valence-corrected chi connectivity index (χ0v) is 20.8. The van der Waals surface area contributed by atoms with E-state index in [1.54, 1.807) is 0 Å². The Morgan fingerprint density at radius 1 is 1.14 bits per heavy atom. The predicted octanol–water partition coefficient (Wildman–Crippen LogP) is 6.16. The molecule has 180 valence electrons. The van der Waals surface area contributed by atoms with Crippen LogP contribution >= 0.6 is 11.3 Å². The van der Waals surface area contributed by atoms with Crippen LogP contribution in [0.1, 0.15) is 39.3 Å². The fourth-order valence-electron chi connectivity index (χ4n) is 4.36. The first-order valence-electron chi connectivity index (χ1n) is 11.9. The van der Waals surface area contributed by atoms with Crippen molar-refractivity contribution >= 4 is 17.2 Å². The Hall–Kier alpha value is -3.42. The summed E-state index contributed by atoms with van der Waals surface area (Å²) in [4.78, 5) is 16.1. The number of carbonyl (C=O) groups is 1. The number of benzene rings is 2. The lowest BCUT2D eigenvalue weighted by atomic mass is 10.2. The molecule has 6 nitrogen and oxygen atoms in total. The molecule has 2 aromatic carbocycles. The number of ether oxygens (including phenoxy) is 2. The van der Waals surface area contributed by atoms with Gasteiger partial charge in [-0.15, -0.1) is 11.3 Å². The van der Waals surface area contributed by atoms with E-state index in [0.29, 0.717) is 19.0 Å². The first-order valence-corrected chi connectivity index (χ1v) is 12.8. The second kappa shape index (κ2) is 10.5. The summed E-state index contributed by atoms with van der Waals surface area (Å²) in [6.45, 7) is 5.68. The van der Waals surface area contributed by atoms with Gasteiger partial charge in [-0.25, -0.2) is 4.68 Å². The summed E-state index contributed by atoms with van der Waals surface area (Å²) in [5, 5.41) is 6.76. The van der Waals surface area contributed by atoms with Gasteiger partial charge in [0.15, 0.2) is 0 Å². The Kier molecular flexibility index (Phi) is 6.97. The van der Waals surface area contributed by atoms with Crippen molar-refractivity contribution in [3.8, 4) is 17.3 Å². The van der Waals surface area contributed by atoms with E-state index in [2.05, 4.69) is 0 Å². The van der Waals surface area contributed by atoms with Crippen LogP contribution in [-0.4, -0.2) is 39.8 Å². The second-order valence-corrected chi connectivity index (χ2v) is 9.78. The zero-order chi connectivity index (χ0) is 24.2. The van der Waals surface area contributed by atoms with E-state index in [1.165, 1.54) is 11.3 Å². The average Bonchev–Trinajstić information content (AvgIpc) is 3.63. The minimum Gasteiger partial charge on any atom is -0.439 e. The molecule has 3 heterocycles. The third-order valence-electron chi connectivity index (χ3n) is 6.16. The highest BCUT2D eigenvalue weighted by Gasteiger charge is 2.28. The Morgan fingerprint density at radius 2 is 2.00 bits per heavy atom. The lowest BCUT2D eigenvalue weighted by Crippen LogP contribution is -2.36. The SMILES string of the molecule is Cc1cccc(Oc2c(CN(C[C@@H]3CCCO3)C(=O)c3cccs3)c(C)nn2-c2ccccc2)c1. The van der Waals surface area contributed by atoms with Crippen LogP contribution in [0.3, 0.4) is 0 Å². The Morgan fingerprint density at radius 3 is 2.71 bits per heavy atom. The molecular formula is C28H29N3O3S. The van der Waals surface area contributed by atoms with Crippen molar-refractivity contribution in [1.29, 1.82) is 0 Å². The van der Waals surface area contributed by atoms with Gasteiger partial charge in [0.2, 0.25) is 5.88 Å². The maximum absolute atomic E-state index is 13.5. The molecule has 0 spiro atoms. The largest absolute Gasteiger partial charge is 0.439 e. The summed E-state index contributed by atoms with van der Waals surface area (Å²) >= 11 is 1.46. The summed E-state index contributed by atoms with van der Waals surface area (Å²) in [5.41, 5.74) is 3.73. The first kappa shape index (κ1) is 23.3. The number of rotatable bonds is 8. The Balaban J connectivity index is 1.54. The molecule has 1 amide bonds. The number of nitrogens with zero attached hydrogens (tertiary/aromatic N) is 3. The fraction of sp³-hybridized carbons (Fsp3) is 0.286. The zero-order valence-electron chi connectivity index (χ0n) is 20.0. The van der Waals surface area contributed by atoms with Gasteiger partial charge in [0.05, 0.1) is 34.5 Å². The average molecular weight is 488 g/mol. The van der Waals surface area contributed by atoms with Crippen LogP contribution in [0.25, 0.3) is 5.69 Å². The molecule has 1 fully saturated rings. The molecule has 0 saturated carbocycles. The number of amides is 1. The van der Waals surface area contributed by atoms with Crippen molar-refractivity contribution < 1.29 is 14.3 Å². The van der Waals surface area contributed by atoms with Crippen LogP contribution in [0.2, 0.25) is 0 Å². The topological polar surface area (TPSA) is 56.6 Å². The van der Waals surface area contributed by atoms with Crippen molar-refractivity contribution in [2.45, 2.75) is 39.3 Å². The number of aromatic nitrogens is 2. The van der Waals surface area contributed by atoms with Gasteiger partial charge in [-0.1, -0.05) is 36.4 Å². The number of para-hydroxylation sites is 1. The maximum atomic E-state index is 13.5. The van der Waals surface area contributed by atoms with Gasteiger partial charge in [0, 0.05) is 13.2 Å². The van der Waals surface area contributed by atoms with Gasteiger partial charge in [-0.05, 0) is 68.0 Å². The monoisotopic (exact) mass is 487 g/mol. The highest BCUT2D eigenvalue weighted by molar-refractivity contribution is 7.12. The molecule has 5 rings (SSSR count).